The molecule has 21 heavy (non-hydrogen) atoms. The summed E-state index contributed by atoms with van der Waals surface area (Å²) >= 11 is 0. The molecule has 2 nitrogen and oxygen atoms in total. The molecule has 0 spiro atoms. The molecule has 3 N–H and O–H groups in total. The average Bonchev–Trinajstić information content (AvgIpc) is 2.51. The van der Waals surface area contributed by atoms with E-state index in [0.29, 0.717) is 12.0 Å². The minimum atomic E-state index is 0.494. The molecule has 5 unspecified atom stereocenters. The quantitative estimate of drug-likeness (QED) is 0.657. The van der Waals surface area contributed by atoms with Gasteiger partial charge in [0.2, 0.25) is 0 Å². The van der Waals surface area contributed by atoms with Crippen LogP contribution in [0, 0.1) is 23.7 Å². The first-order valence-electron chi connectivity index (χ1n) is 8.72. The van der Waals surface area contributed by atoms with E-state index in [-0.39, 0.29) is 0 Å². The van der Waals surface area contributed by atoms with Gasteiger partial charge in [0.05, 0.1) is 0 Å². The van der Waals surface area contributed by atoms with Crippen LogP contribution in [0.1, 0.15) is 50.7 Å². The van der Waals surface area contributed by atoms with Gasteiger partial charge in [0, 0.05) is 6.04 Å². The normalized spacial score (nSPS) is 34.2. The molecule has 0 heterocycles. The number of hydrogen-bond acceptors (Lipinski definition) is 2. The molecule has 1 saturated carbocycles. The van der Waals surface area contributed by atoms with Crippen molar-refractivity contribution in [1.82, 2.24) is 5.43 Å². The van der Waals surface area contributed by atoms with E-state index in [1.165, 1.54) is 38.5 Å². The fraction of sp³-hybridized carbons (Fsp3) is 0.684. The summed E-state index contributed by atoms with van der Waals surface area (Å²) in [6.45, 7) is 4.82. The fourth-order valence-corrected chi connectivity index (χ4v) is 4.60. The van der Waals surface area contributed by atoms with Crippen molar-refractivity contribution in [2.45, 2.75) is 58.4 Å². The Morgan fingerprint density at radius 1 is 1.00 bits per heavy atom. The molecule has 2 aliphatic rings. The summed E-state index contributed by atoms with van der Waals surface area (Å²) in [5, 5.41) is 0. The number of nitrogens with one attached hydrogen (secondary N) is 1. The molecule has 0 bridgehead atoms. The topological polar surface area (TPSA) is 38.0 Å². The van der Waals surface area contributed by atoms with E-state index >= 15 is 0 Å². The smallest absolute Gasteiger partial charge is 0.0270 e. The van der Waals surface area contributed by atoms with Gasteiger partial charge in [-0.3, -0.25) is 11.3 Å². The Balaban J connectivity index is 1.70. The van der Waals surface area contributed by atoms with Crippen LogP contribution >= 0.6 is 0 Å². The van der Waals surface area contributed by atoms with E-state index in [1.807, 2.05) is 0 Å². The van der Waals surface area contributed by atoms with Gasteiger partial charge in [-0.1, -0.05) is 44.5 Å². The lowest BCUT2D eigenvalue weighted by molar-refractivity contribution is 0.134. The third-order valence-electron chi connectivity index (χ3n) is 6.23. The molecule has 3 rings (SSSR count). The van der Waals surface area contributed by atoms with Crippen LogP contribution in [0.5, 0.6) is 0 Å². The lowest BCUT2D eigenvalue weighted by Crippen LogP contribution is -2.49. The van der Waals surface area contributed by atoms with Crippen molar-refractivity contribution < 1.29 is 0 Å². The Hall–Kier alpha value is -0.860. The van der Waals surface area contributed by atoms with Crippen molar-refractivity contribution >= 4 is 0 Å². The highest BCUT2D eigenvalue weighted by molar-refractivity contribution is 5.30. The maximum atomic E-state index is 5.98. The highest BCUT2D eigenvalue weighted by atomic mass is 15.2. The average molecular weight is 286 g/mol. The van der Waals surface area contributed by atoms with Crippen LogP contribution in [0.15, 0.2) is 24.3 Å². The predicted octanol–water partition coefficient (Wildman–Crippen LogP) is 3.70. The van der Waals surface area contributed by atoms with Gasteiger partial charge >= 0.3 is 0 Å². The molecular formula is C19H30N2. The van der Waals surface area contributed by atoms with Gasteiger partial charge in [-0.25, -0.2) is 0 Å². The number of hydrogen-bond donors (Lipinski definition) is 2. The second kappa shape index (κ2) is 6.50. The van der Waals surface area contributed by atoms with Crippen molar-refractivity contribution in [2.24, 2.45) is 29.5 Å². The van der Waals surface area contributed by atoms with E-state index < -0.39 is 0 Å². The SMILES string of the molecule is CC1CCC(C(NN)C2CCc3ccccc3C2)CC1C. The molecule has 0 saturated heterocycles. The van der Waals surface area contributed by atoms with Gasteiger partial charge in [0.1, 0.15) is 0 Å². The first-order valence-corrected chi connectivity index (χ1v) is 8.72. The first kappa shape index (κ1) is 15.1. The van der Waals surface area contributed by atoms with E-state index in [4.69, 9.17) is 5.84 Å². The largest absolute Gasteiger partial charge is 0.271 e. The molecule has 1 aromatic carbocycles. The van der Waals surface area contributed by atoms with Crippen molar-refractivity contribution in [2.75, 3.05) is 0 Å². The summed E-state index contributed by atoms with van der Waals surface area (Å²) in [6, 6.07) is 9.44. The Morgan fingerprint density at radius 3 is 2.48 bits per heavy atom. The van der Waals surface area contributed by atoms with E-state index in [9.17, 15) is 0 Å². The minimum Gasteiger partial charge on any atom is -0.271 e. The van der Waals surface area contributed by atoms with Gasteiger partial charge in [-0.15, -0.1) is 0 Å². The number of benzene rings is 1. The standard InChI is InChI=1S/C19H30N2/c1-13-7-8-17(11-14(13)2)19(21-20)18-10-9-15-5-3-4-6-16(15)12-18/h3-6,13-14,17-19,21H,7-12,20H2,1-2H3. The van der Waals surface area contributed by atoms with Crippen LogP contribution in [0.4, 0.5) is 0 Å². The van der Waals surface area contributed by atoms with Crippen molar-refractivity contribution in [3.63, 3.8) is 0 Å². The van der Waals surface area contributed by atoms with Crippen molar-refractivity contribution in [3.8, 4) is 0 Å². The van der Waals surface area contributed by atoms with Gasteiger partial charge in [-0.2, -0.15) is 0 Å². The minimum absolute atomic E-state index is 0.494. The zero-order chi connectivity index (χ0) is 14.8. The second-order valence-corrected chi connectivity index (χ2v) is 7.49. The molecule has 0 radical (unpaired) electrons. The number of hydrazine groups is 1. The molecule has 1 aromatic rings. The zero-order valence-corrected chi connectivity index (χ0v) is 13.5. The number of nitrogens with two attached hydrogens (primary N) is 1. The molecule has 1 fully saturated rings. The number of fused-ring (bicyclic) bond motifs is 1. The molecule has 2 heteroatoms. The van der Waals surface area contributed by atoms with E-state index in [1.54, 1.807) is 11.1 Å². The highest BCUT2D eigenvalue weighted by Gasteiger charge is 2.35. The molecule has 0 amide bonds. The molecule has 116 valence electrons. The summed E-state index contributed by atoms with van der Waals surface area (Å²) in [5.41, 5.74) is 6.31. The van der Waals surface area contributed by atoms with E-state index in [0.717, 1.165) is 17.8 Å². The summed E-state index contributed by atoms with van der Waals surface area (Å²) in [7, 11) is 0. The summed E-state index contributed by atoms with van der Waals surface area (Å²) in [4.78, 5) is 0. The van der Waals surface area contributed by atoms with Crippen LogP contribution in [0.2, 0.25) is 0 Å². The van der Waals surface area contributed by atoms with E-state index in [2.05, 4.69) is 43.5 Å². The highest BCUT2D eigenvalue weighted by Crippen LogP contribution is 2.39. The van der Waals surface area contributed by atoms with Crippen LogP contribution in [0.25, 0.3) is 0 Å². The summed E-state index contributed by atoms with van der Waals surface area (Å²) in [6.07, 6.45) is 7.76. The predicted molar refractivity (Wildman–Crippen MR) is 88.7 cm³/mol. The molecule has 0 aromatic heterocycles. The Labute approximate surface area is 129 Å². The van der Waals surface area contributed by atoms with Gasteiger partial charge in [0.15, 0.2) is 0 Å². The molecule has 0 aliphatic heterocycles. The van der Waals surface area contributed by atoms with Crippen LogP contribution in [-0.4, -0.2) is 6.04 Å². The summed E-state index contributed by atoms with van der Waals surface area (Å²) < 4.78 is 0. The van der Waals surface area contributed by atoms with Gasteiger partial charge in [-0.05, 0) is 66.9 Å². The lowest BCUT2D eigenvalue weighted by Gasteiger charge is -2.41. The Bertz CT molecular complexity index is 470. The lowest BCUT2D eigenvalue weighted by atomic mass is 9.68. The Kier molecular flexibility index (Phi) is 4.66. The van der Waals surface area contributed by atoms with Crippen LogP contribution in [0.3, 0.4) is 0 Å². The third kappa shape index (κ3) is 3.17. The Morgan fingerprint density at radius 2 is 1.76 bits per heavy atom. The van der Waals surface area contributed by atoms with Crippen molar-refractivity contribution in [1.29, 1.82) is 0 Å². The number of rotatable bonds is 3. The van der Waals surface area contributed by atoms with Crippen LogP contribution in [-0.2, 0) is 12.8 Å². The molecular weight excluding hydrogens is 256 g/mol. The van der Waals surface area contributed by atoms with Crippen LogP contribution < -0.4 is 11.3 Å². The number of aryl methyl sites for hydroxylation is 1. The second-order valence-electron chi connectivity index (χ2n) is 7.49. The van der Waals surface area contributed by atoms with Gasteiger partial charge < -0.3 is 0 Å². The first-order chi connectivity index (χ1) is 10.2. The fourth-order valence-electron chi connectivity index (χ4n) is 4.60. The molecule has 5 atom stereocenters. The zero-order valence-electron chi connectivity index (χ0n) is 13.5. The monoisotopic (exact) mass is 286 g/mol. The third-order valence-corrected chi connectivity index (χ3v) is 6.23. The summed E-state index contributed by atoms with van der Waals surface area (Å²) in [5.74, 6) is 9.17. The maximum Gasteiger partial charge on any atom is 0.0270 e. The van der Waals surface area contributed by atoms with Crippen molar-refractivity contribution in [3.05, 3.63) is 35.4 Å². The maximum absolute atomic E-state index is 5.98. The van der Waals surface area contributed by atoms with Gasteiger partial charge in [0.25, 0.3) is 0 Å². The molecule has 2 aliphatic carbocycles.